The van der Waals surface area contributed by atoms with Gasteiger partial charge in [-0.1, -0.05) is 44.0 Å². The van der Waals surface area contributed by atoms with Crippen molar-refractivity contribution < 1.29 is 0 Å². The maximum atomic E-state index is 2.30. The van der Waals surface area contributed by atoms with Gasteiger partial charge in [-0.3, -0.25) is 0 Å². The molecule has 0 nitrogen and oxygen atoms in total. The zero-order chi connectivity index (χ0) is 9.10. The van der Waals surface area contributed by atoms with Crippen LogP contribution in [0.4, 0.5) is 0 Å². The van der Waals surface area contributed by atoms with Crippen LogP contribution in [0.3, 0.4) is 0 Å². The van der Waals surface area contributed by atoms with E-state index in [1.54, 1.807) is 11.1 Å². The van der Waals surface area contributed by atoms with Crippen molar-refractivity contribution in [2.24, 2.45) is 5.92 Å². The summed E-state index contributed by atoms with van der Waals surface area (Å²) < 4.78 is 0. The molecule has 0 spiro atoms. The normalized spacial score (nSPS) is 21.2. The molecule has 1 atom stereocenters. The lowest BCUT2D eigenvalue weighted by Gasteiger charge is -2.23. The molecule has 0 heterocycles. The highest BCUT2D eigenvalue weighted by Gasteiger charge is 2.16. The first-order valence-corrected chi connectivity index (χ1v) is 5.47. The van der Waals surface area contributed by atoms with Crippen molar-refractivity contribution >= 4 is 0 Å². The lowest BCUT2D eigenvalue weighted by atomic mass is 9.82. The molecule has 1 aliphatic rings. The topological polar surface area (TPSA) is 0 Å². The lowest BCUT2D eigenvalue weighted by Crippen LogP contribution is -2.13. The Morgan fingerprint density at radius 3 is 2.77 bits per heavy atom. The van der Waals surface area contributed by atoms with E-state index in [0.29, 0.717) is 0 Å². The predicted molar refractivity (Wildman–Crippen MR) is 56.9 cm³/mol. The molecule has 0 aromatic heterocycles. The molecule has 0 aliphatic heterocycles. The molecule has 0 saturated carbocycles. The number of hydrogen-bond acceptors (Lipinski definition) is 0. The molecule has 1 aromatic carbocycles. The molecular weight excluding hydrogens is 156 g/mol. The first-order valence-electron chi connectivity index (χ1n) is 5.47. The van der Waals surface area contributed by atoms with Gasteiger partial charge in [-0.15, -0.1) is 0 Å². The van der Waals surface area contributed by atoms with Crippen LogP contribution in [-0.2, 0) is 12.8 Å². The SMILES string of the molecule is CCCC1CCc2ccccc2C1. The van der Waals surface area contributed by atoms with Gasteiger partial charge in [-0.05, 0) is 36.3 Å². The molecule has 0 fully saturated rings. The summed E-state index contributed by atoms with van der Waals surface area (Å²) in [5.41, 5.74) is 3.20. The van der Waals surface area contributed by atoms with Gasteiger partial charge in [0.05, 0.1) is 0 Å². The Morgan fingerprint density at radius 1 is 1.23 bits per heavy atom. The number of benzene rings is 1. The summed E-state index contributed by atoms with van der Waals surface area (Å²) >= 11 is 0. The molecule has 0 amide bonds. The molecule has 0 heteroatoms. The summed E-state index contributed by atoms with van der Waals surface area (Å²) in [6.45, 7) is 2.29. The summed E-state index contributed by atoms with van der Waals surface area (Å²) in [5.74, 6) is 0.958. The van der Waals surface area contributed by atoms with Crippen molar-refractivity contribution in [1.82, 2.24) is 0 Å². The van der Waals surface area contributed by atoms with Gasteiger partial charge in [-0.2, -0.15) is 0 Å². The van der Waals surface area contributed by atoms with E-state index in [0.717, 1.165) is 5.92 Å². The zero-order valence-electron chi connectivity index (χ0n) is 8.42. The Bertz CT molecular complexity index is 275. The lowest BCUT2D eigenvalue weighted by molar-refractivity contribution is 0.423. The van der Waals surface area contributed by atoms with E-state index in [1.807, 2.05) is 0 Å². The maximum absolute atomic E-state index is 2.30. The summed E-state index contributed by atoms with van der Waals surface area (Å²) in [5, 5.41) is 0. The second-order valence-electron chi connectivity index (χ2n) is 4.17. The van der Waals surface area contributed by atoms with Crippen LogP contribution in [0.25, 0.3) is 0 Å². The van der Waals surface area contributed by atoms with Gasteiger partial charge in [0.15, 0.2) is 0 Å². The monoisotopic (exact) mass is 174 g/mol. The minimum Gasteiger partial charge on any atom is -0.0654 e. The molecule has 0 saturated heterocycles. The van der Waals surface area contributed by atoms with E-state index in [9.17, 15) is 0 Å². The van der Waals surface area contributed by atoms with Gasteiger partial charge in [0.1, 0.15) is 0 Å². The fraction of sp³-hybridized carbons (Fsp3) is 0.538. The fourth-order valence-corrected chi connectivity index (χ4v) is 2.43. The molecule has 70 valence electrons. The van der Waals surface area contributed by atoms with Crippen molar-refractivity contribution in [2.75, 3.05) is 0 Å². The first-order chi connectivity index (χ1) is 6.40. The van der Waals surface area contributed by atoms with Crippen LogP contribution in [0, 0.1) is 5.92 Å². The molecule has 1 unspecified atom stereocenters. The molecule has 2 rings (SSSR count). The molecule has 0 radical (unpaired) electrons. The predicted octanol–water partition coefficient (Wildman–Crippen LogP) is 3.59. The van der Waals surface area contributed by atoms with E-state index in [4.69, 9.17) is 0 Å². The quantitative estimate of drug-likeness (QED) is 0.642. The van der Waals surface area contributed by atoms with Gasteiger partial charge in [-0.25, -0.2) is 0 Å². The Labute approximate surface area is 81.0 Å². The highest BCUT2D eigenvalue weighted by molar-refractivity contribution is 5.29. The Balaban J connectivity index is 2.11. The van der Waals surface area contributed by atoms with Crippen molar-refractivity contribution in [3.8, 4) is 0 Å². The highest BCUT2D eigenvalue weighted by atomic mass is 14.2. The van der Waals surface area contributed by atoms with Gasteiger partial charge in [0.25, 0.3) is 0 Å². The average molecular weight is 174 g/mol. The van der Waals surface area contributed by atoms with Crippen molar-refractivity contribution in [3.63, 3.8) is 0 Å². The smallest absolute Gasteiger partial charge is 0.0248 e. The molecular formula is C13H18. The van der Waals surface area contributed by atoms with E-state index in [-0.39, 0.29) is 0 Å². The number of rotatable bonds is 2. The highest BCUT2D eigenvalue weighted by Crippen LogP contribution is 2.27. The third-order valence-corrected chi connectivity index (χ3v) is 3.15. The summed E-state index contributed by atoms with van der Waals surface area (Å²) in [6.07, 6.45) is 6.79. The first kappa shape index (κ1) is 8.80. The van der Waals surface area contributed by atoms with Crippen LogP contribution in [-0.4, -0.2) is 0 Å². The largest absolute Gasteiger partial charge is 0.0654 e. The Kier molecular flexibility index (Phi) is 2.68. The molecule has 0 N–H and O–H groups in total. The fourth-order valence-electron chi connectivity index (χ4n) is 2.43. The second kappa shape index (κ2) is 3.95. The third kappa shape index (κ3) is 1.93. The summed E-state index contributed by atoms with van der Waals surface area (Å²) in [4.78, 5) is 0. The summed E-state index contributed by atoms with van der Waals surface area (Å²) in [7, 11) is 0. The molecule has 13 heavy (non-hydrogen) atoms. The van der Waals surface area contributed by atoms with Gasteiger partial charge in [0, 0.05) is 0 Å². The Hall–Kier alpha value is -0.780. The minimum atomic E-state index is 0.958. The number of hydrogen-bond donors (Lipinski definition) is 0. The minimum absolute atomic E-state index is 0.958. The van der Waals surface area contributed by atoms with Crippen LogP contribution in [0.1, 0.15) is 37.3 Å². The van der Waals surface area contributed by atoms with Gasteiger partial charge < -0.3 is 0 Å². The third-order valence-electron chi connectivity index (χ3n) is 3.15. The van der Waals surface area contributed by atoms with E-state index < -0.39 is 0 Å². The molecule has 0 bridgehead atoms. The van der Waals surface area contributed by atoms with Crippen LogP contribution in [0.15, 0.2) is 24.3 Å². The van der Waals surface area contributed by atoms with Crippen LogP contribution in [0.2, 0.25) is 0 Å². The van der Waals surface area contributed by atoms with Crippen LogP contribution < -0.4 is 0 Å². The van der Waals surface area contributed by atoms with Crippen LogP contribution in [0.5, 0.6) is 0 Å². The van der Waals surface area contributed by atoms with Crippen molar-refractivity contribution in [2.45, 2.75) is 39.0 Å². The number of aryl methyl sites for hydroxylation is 1. The number of fused-ring (bicyclic) bond motifs is 1. The maximum Gasteiger partial charge on any atom is -0.0248 e. The Morgan fingerprint density at radius 2 is 2.00 bits per heavy atom. The van der Waals surface area contributed by atoms with Gasteiger partial charge >= 0.3 is 0 Å². The van der Waals surface area contributed by atoms with E-state index in [1.165, 1.54) is 32.1 Å². The van der Waals surface area contributed by atoms with Crippen molar-refractivity contribution in [3.05, 3.63) is 35.4 Å². The summed E-state index contributed by atoms with van der Waals surface area (Å²) in [6, 6.07) is 8.93. The zero-order valence-corrected chi connectivity index (χ0v) is 8.42. The van der Waals surface area contributed by atoms with E-state index >= 15 is 0 Å². The van der Waals surface area contributed by atoms with Crippen molar-refractivity contribution in [1.29, 1.82) is 0 Å². The van der Waals surface area contributed by atoms with E-state index in [2.05, 4.69) is 31.2 Å². The van der Waals surface area contributed by atoms with Gasteiger partial charge in [0.2, 0.25) is 0 Å². The molecule has 1 aromatic rings. The standard InChI is InChI=1S/C13H18/c1-2-5-11-8-9-12-6-3-4-7-13(12)10-11/h3-4,6-7,11H,2,5,8-10H2,1H3. The van der Waals surface area contributed by atoms with Crippen LogP contribution >= 0.6 is 0 Å². The molecule has 1 aliphatic carbocycles. The average Bonchev–Trinajstić information content (AvgIpc) is 2.18. The second-order valence-corrected chi connectivity index (χ2v) is 4.17.